The molecule has 1 aromatic rings. The van der Waals surface area contributed by atoms with Gasteiger partial charge in [0.2, 0.25) is 0 Å². The maximum Gasteiger partial charge on any atom is -0.000812 e. The molecule has 0 radical (unpaired) electrons. The van der Waals surface area contributed by atoms with Crippen LogP contribution in [0.1, 0.15) is 36.0 Å². The minimum absolute atomic E-state index is 1.13. The molecule has 0 bridgehead atoms. The molecule has 1 heteroatoms. The lowest BCUT2D eigenvalue weighted by atomic mass is 9.98. The van der Waals surface area contributed by atoms with Crippen LogP contribution in [-0.2, 0) is 12.8 Å². The quantitative estimate of drug-likeness (QED) is 0.756. The topological polar surface area (TPSA) is 12.0 Å². The zero-order chi connectivity index (χ0) is 10.8. The van der Waals surface area contributed by atoms with Crippen LogP contribution in [0.15, 0.2) is 24.3 Å². The first-order valence-corrected chi connectivity index (χ1v) is 6.45. The van der Waals surface area contributed by atoms with Crippen molar-refractivity contribution in [2.75, 3.05) is 13.1 Å². The Kier molecular flexibility index (Phi) is 2.79. The summed E-state index contributed by atoms with van der Waals surface area (Å²) in [5.41, 5.74) is 6.18. The van der Waals surface area contributed by atoms with Crippen LogP contribution in [0.25, 0.3) is 5.57 Å². The second-order valence-corrected chi connectivity index (χ2v) is 4.86. The molecule has 0 fully saturated rings. The lowest BCUT2D eigenvalue weighted by Gasteiger charge is -2.08. The molecule has 0 unspecified atom stereocenters. The van der Waals surface area contributed by atoms with Gasteiger partial charge in [-0.15, -0.1) is 0 Å². The van der Waals surface area contributed by atoms with Crippen LogP contribution in [-0.4, -0.2) is 13.1 Å². The highest BCUT2D eigenvalue weighted by Crippen LogP contribution is 2.27. The third kappa shape index (κ3) is 1.92. The van der Waals surface area contributed by atoms with Gasteiger partial charge in [-0.1, -0.05) is 24.3 Å². The first kappa shape index (κ1) is 10.1. The van der Waals surface area contributed by atoms with Gasteiger partial charge in [0.15, 0.2) is 0 Å². The molecule has 0 saturated heterocycles. The summed E-state index contributed by atoms with van der Waals surface area (Å²) in [7, 11) is 0. The average molecular weight is 213 g/mol. The molecule has 1 aromatic carbocycles. The Morgan fingerprint density at radius 2 is 1.88 bits per heavy atom. The van der Waals surface area contributed by atoms with Gasteiger partial charge in [0, 0.05) is 0 Å². The SMILES string of the molecule is C1=C(c2ccc3c(c2)CCC3)CCNCC1. The van der Waals surface area contributed by atoms with Crippen molar-refractivity contribution < 1.29 is 0 Å². The van der Waals surface area contributed by atoms with Gasteiger partial charge in [0.25, 0.3) is 0 Å². The number of nitrogens with one attached hydrogen (secondary N) is 1. The maximum atomic E-state index is 3.45. The predicted octanol–water partition coefficient (Wildman–Crippen LogP) is 2.94. The van der Waals surface area contributed by atoms with Crippen molar-refractivity contribution >= 4 is 5.57 Å². The van der Waals surface area contributed by atoms with Crippen molar-refractivity contribution in [2.24, 2.45) is 0 Å². The number of hydrogen-bond acceptors (Lipinski definition) is 1. The van der Waals surface area contributed by atoms with E-state index in [4.69, 9.17) is 0 Å². The zero-order valence-corrected chi connectivity index (χ0v) is 9.76. The number of fused-ring (bicyclic) bond motifs is 1. The zero-order valence-electron chi connectivity index (χ0n) is 9.76. The van der Waals surface area contributed by atoms with E-state index in [0.717, 1.165) is 13.1 Å². The molecular formula is C15H19N. The molecule has 84 valence electrons. The Morgan fingerprint density at radius 3 is 2.88 bits per heavy atom. The molecule has 1 aliphatic carbocycles. The van der Waals surface area contributed by atoms with Gasteiger partial charge in [-0.2, -0.15) is 0 Å². The van der Waals surface area contributed by atoms with Gasteiger partial charge < -0.3 is 5.32 Å². The molecule has 0 atom stereocenters. The fourth-order valence-electron chi connectivity index (χ4n) is 2.83. The summed E-state index contributed by atoms with van der Waals surface area (Å²) in [6, 6.07) is 7.09. The van der Waals surface area contributed by atoms with Gasteiger partial charge in [-0.25, -0.2) is 0 Å². The van der Waals surface area contributed by atoms with E-state index >= 15 is 0 Å². The summed E-state index contributed by atoms with van der Waals surface area (Å²) in [5.74, 6) is 0. The first-order valence-electron chi connectivity index (χ1n) is 6.45. The highest BCUT2D eigenvalue weighted by molar-refractivity contribution is 5.67. The Labute approximate surface area is 97.6 Å². The Balaban J connectivity index is 1.91. The lowest BCUT2D eigenvalue weighted by molar-refractivity contribution is 0.718. The highest BCUT2D eigenvalue weighted by Gasteiger charge is 2.12. The molecule has 1 nitrogen and oxygen atoms in total. The summed E-state index contributed by atoms with van der Waals surface area (Å²) < 4.78 is 0. The summed E-state index contributed by atoms with van der Waals surface area (Å²) >= 11 is 0. The van der Waals surface area contributed by atoms with E-state index in [0.29, 0.717) is 0 Å². The van der Waals surface area contributed by atoms with Crippen molar-refractivity contribution in [3.8, 4) is 0 Å². The van der Waals surface area contributed by atoms with Crippen LogP contribution in [0.5, 0.6) is 0 Å². The molecule has 1 N–H and O–H groups in total. The number of rotatable bonds is 1. The number of hydrogen-bond donors (Lipinski definition) is 1. The fraction of sp³-hybridized carbons (Fsp3) is 0.467. The van der Waals surface area contributed by atoms with E-state index in [9.17, 15) is 0 Å². The summed E-state index contributed by atoms with van der Waals surface area (Å²) in [4.78, 5) is 0. The van der Waals surface area contributed by atoms with Gasteiger partial charge in [0.1, 0.15) is 0 Å². The monoisotopic (exact) mass is 213 g/mol. The van der Waals surface area contributed by atoms with E-state index in [1.807, 2.05) is 0 Å². The summed E-state index contributed by atoms with van der Waals surface area (Å²) in [5, 5.41) is 3.45. The Hall–Kier alpha value is -1.08. The van der Waals surface area contributed by atoms with Crippen molar-refractivity contribution in [3.63, 3.8) is 0 Å². The summed E-state index contributed by atoms with van der Waals surface area (Å²) in [6.45, 7) is 2.26. The molecule has 0 spiro atoms. The number of benzene rings is 1. The molecule has 1 aliphatic heterocycles. The molecule has 1 heterocycles. The largest absolute Gasteiger partial charge is 0.316 e. The van der Waals surface area contributed by atoms with Gasteiger partial charge >= 0.3 is 0 Å². The Morgan fingerprint density at radius 1 is 0.938 bits per heavy atom. The van der Waals surface area contributed by atoms with E-state index < -0.39 is 0 Å². The van der Waals surface area contributed by atoms with Crippen molar-refractivity contribution in [1.29, 1.82) is 0 Å². The van der Waals surface area contributed by atoms with Crippen molar-refractivity contribution in [1.82, 2.24) is 5.32 Å². The van der Waals surface area contributed by atoms with Crippen LogP contribution in [0, 0.1) is 0 Å². The smallest absolute Gasteiger partial charge is 0.000812 e. The van der Waals surface area contributed by atoms with Crippen LogP contribution in [0.2, 0.25) is 0 Å². The van der Waals surface area contributed by atoms with Crippen LogP contribution in [0.4, 0.5) is 0 Å². The van der Waals surface area contributed by atoms with Crippen LogP contribution < -0.4 is 5.32 Å². The second-order valence-electron chi connectivity index (χ2n) is 4.86. The standard InChI is InChI=1S/C15H19N/c1-3-12-6-7-15(11-14(12)4-1)13-5-2-9-16-10-8-13/h5-7,11,16H,1-4,8-10H2. The van der Waals surface area contributed by atoms with Crippen LogP contribution >= 0.6 is 0 Å². The van der Waals surface area contributed by atoms with E-state index in [1.54, 1.807) is 16.7 Å². The second kappa shape index (κ2) is 4.42. The van der Waals surface area contributed by atoms with Gasteiger partial charge in [-0.3, -0.25) is 0 Å². The van der Waals surface area contributed by atoms with Crippen LogP contribution in [0.3, 0.4) is 0 Å². The predicted molar refractivity (Wildman–Crippen MR) is 68.5 cm³/mol. The third-order valence-corrected chi connectivity index (χ3v) is 3.75. The van der Waals surface area contributed by atoms with Crippen molar-refractivity contribution in [2.45, 2.75) is 32.1 Å². The molecular weight excluding hydrogens is 194 g/mol. The van der Waals surface area contributed by atoms with Gasteiger partial charge in [-0.05, 0) is 67.5 Å². The maximum absolute atomic E-state index is 3.45. The molecule has 0 saturated carbocycles. The average Bonchev–Trinajstić information content (AvgIpc) is 2.61. The number of aryl methyl sites for hydroxylation is 2. The molecule has 3 rings (SSSR count). The molecule has 0 amide bonds. The van der Waals surface area contributed by atoms with E-state index in [-0.39, 0.29) is 0 Å². The van der Waals surface area contributed by atoms with E-state index in [2.05, 4.69) is 29.6 Å². The minimum atomic E-state index is 1.13. The molecule has 2 aliphatic rings. The fourth-order valence-corrected chi connectivity index (χ4v) is 2.83. The molecule has 16 heavy (non-hydrogen) atoms. The lowest BCUT2D eigenvalue weighted by Crippen LogP contribution is -2.13. The summed E-state index contributed by atoms with van der Waals surface area (Å²) in [6.07, 6.45) is 8.69. The normalized spacial score (nSPS) is 20.1. The first-order chi connectivity index (χ1) is 7.93. The Bertz CT molecular complexity index is 417. The third-order valence-electron chi connectivity index (χ3n) is 3.75. The van der Waals surface area contributed by atoms with E-state index in [1.165, 1.54) is 37.7 Å². The molecule has 0 aromatic heterocycles. The van der Waals surface area contributed by atoms with Crippen molar-refractivity contribution in [3.05, 3.63) is 41.0 Å². The highest BCUT2D eigenvalue weighted by atomic mass is 14.8. The minimum Gasteiger partial charge on any atom is -0.316 e. The van der Waals surface area contributed by atoms with Gasteiger partial charge in [0.05, 0.1) is 0 Å².